The van der Waals surface area contributed by atoms with Gasteiger partial charge in [0, 0.05) is 55.0 Å². The van der Waals surface area contributed by atoms with Gasteiger partial charge in [0.1, 0.15) is 0 Å². The average Bonchev–Trinajstić information content (AvgIpc) is 4.01. The Morgan fingerprint density at radius 3 is 1.22 bits per heavy atom. The van der Waals surface area contributed by atoms with Gasteiger partial charge in [0.25, 0.3) is 23.6 Å². The lowest BCUT2D eigenvalue weighted by Gasteiger charge is -2.15. The van der Waals surface area contributed by atoms with Crippen LogP contribution in [0.2, 0.25) is 5.02 Å². The highest BCUT2D eigenvalue weighted by atomic mass is 35.5. The number of halogens is 1. The molecule has 4 N–H and O–H groups in total. The molecule has 3 saturated carbocycles. The number of rotatable bonds is 4. The van der Waals surface area contributed by atoms with E-state index >= 15 is 0 Å². The van der Waals surface area contributed by atoms with E-state index in [9.17, 15) is 38.4 Å². The molecule has 0 aromatic heterocycles. The van der Waals surface area contributed by atoms with Gasteiger partial charge in [0.05, 0.1) is 0 Å². The molecule has 0 radical (unpaired) electrons. The molecule has 3 atom stereocenters. The number of benzene rings is 6. The molecule has 78 heavy (non-hydrogen) atoms. The van der Waals surface area contributed by atoms with Gasteiger partial charge in [-0.05, 0) is 142 Å². The zero-order valence-corrected chi connectivity index (χ0v) is 47.9. The predicted octanol–water partition coefficient (Wildman–Crippen LogP) is 13.6. The van der Waals surface area contributed by atoms with Crippen molar-refractivity contribution >= 4 is 69.6 Å². The van der Waals surface area contributed by atoms with Crippen LogP contribution in [0.4, 0.5) is 0 Å². The Labute approximate surface area is 466 Å². The number of imide groups is 4. The second kappa shape index (κ2) is 34.2. The monoisotopic (exact) mass is 1080 g/mol. The van der Waals surface area contributed by atoms with Crippen molar-refractivity contribution < 1.29 is 38.4 Å². The Bertz CT molecular complexity index is 2820. The van der Waals surface area contributed by atoms with Crippen LogP contribution in [0.5, 0.6) is 0 Å². The lowest BCUT2D eigenvalue weighted by molar-refractivity contribution is -0.119. The normalized spacial score (nSPS) is 15.4. The van der Waals surface area contributed by atoms with Crippen molar-refractivity contribution in [3.8, 4) is 0 Å². The van der Waals surface area contributed by atoms with Crippen LogP contribution < -0.4 is 21.3 Å². The van der Waals surface area contributed by atoms with Crippen LogP contribution in [0.1, 0.15) is 163 Å². The molecule has 0 heterocycles. The van der Waals surface area contributed by atoms with Crippen LogP contribution >= 0.6 is 11.6 Å². The summed E-state index contributed by atoms with van der Waals surface area (Å²) in [5.41, 5.74) is 6.37. The molecule has 12 nitrogen and oxygen atoms in total. The predicted molar refractivity (Wildman–Crippen MR) is 313 cm³/mol. The minimum atomic E-state index is -0.413. The highest BCUT2D eigenvalue weighted by Gasteiger charge is 2.36. The van der Waals surface area contributed by atoms with Crippen molar-refractivity contribution in [1.82, 2.24) is 21.3 Å². The minimum Gasteiger partial charge on any atom is -0.293 e. The minimum absolute atomic E-state index is 0.339. The van der Waals surface area contributed by atoms with Crippen molar-refractivity contribution in [2.24, 2.45) is 23.7 Å². The van der Waals surface area contributed by atoms with Gasteiger partial charge in [0.2, 0.25) is 23.6 Å². The number of carbonyl (C=O) groups is 8. The average molecular weight is 1080 g/mol. The van der Waals surface area contributed by atoms with Crippen molar-refractivity contribution in [1.29, 1.82) is 0 Å². The van der Waals surface area contributed by atoms with E-state index < -0.39 is 5.91 Å². The summed E-state index contributed by atoms with van der Waals surface area (Å²) in [5.74, 6) is 1.53. The highest BCUT2D eigenvalue weighted by Crippen LogP contribution is 2.47. The van der Waals surface area contributed by atoms with E-state index in [0.29, 0.717) is 27.3 Å². The molecule has 3 unspecified atom stereocenters. The number of hydrogen-bond donors (Lipinski definition) is 4. The highest BCUT2D eigenvalue weighted by molar-refractivity contribution is 6.30. The molecule has 6 aromatic rings. The fourth-order valence-corrected chi connectivity index (χ4v) is 9.23. The van der Waals surface area contributed by atoms with Crippen LogP contribution in [0, 0.1) is 51.4 Å². The number of fused-ring (bicyclic) bond motifs is 3. The lowest BCUT2D eigenvalue weighted by atomic mass is 9.91. The van der Waals surface area contributed by atoms with Gasteiger partial charge in [-0.15, -0.1) is 0 Å². The van der Waals surface area contributed by atoms with Gasteiger partial charge in [-0.3, -0.25) is 59.6 Å². The van der Waals surface area contributed by atoms with Gasteiger partial charge < -0.3 is 0 Å². The van der Waals surface area contributed by atoms with E-state index in [2.05, 4.69) is 84.5 Å². The first-order valence-corrected chi connectivity index (χ1v) is 27.1. The van der Waals surface area contributed by atoms with Crippen molar-refractivity contribution in [2.75, 3.05) is 0 Å². The van der Waals surface area contributed by atoms with Crippen molar-refractivity contribution in [2.45, 2.75) is 127 Å². The first-order chi connectivity index (χ1) is 37.0. The van der Waals surface area contributed by atoms with Crippen molar-refractivity contribution in [3.63, 3.8) is 0 Å². The largest absolute Gasteiger partial charge is 0.293 e. The molecule has 3 fully saturated rings. The lowest BCUT2D eigenvalue weighted by Crippen LogP contribution is -2.27. The first kappa shape index (κ1) is 64.7. The third-order valence-corrected chi connectivity index (χ3v) is 13.2. The van der Waals surface area contributed by atoms with Crippen LogP contribution in [-0.2, 0) is 19.2 Å². The quantitative estimate of drug-likeness (QED) is 0.134. The summed E-state index contributed by atoms with van der Waals surface area (Å²) < 4.78 is 0. The maximum atomic E-state index is 11.4. The molecule has 414 valence electrons. The molecule has 2 bridgehead atoms. The molecule has 9 rings (SSSR count). The summed E-state index contributed by atoms with van der Waals surface area (Å²) in [7, 11) is 0. The SMILES string of the molecule is CC(=O)NC(=O)c1cc(C)cc(C)c1.CC(=O)NC(=O)c1ccc(C)cc1.CC(=O)NC(=O)c1ccc(Cl)cc1.CC(=O)NC(=O)c1ccccc1.CC1CC2CCC1C2.CC1CCCCC1.Cc1ccc2ccccc2c1. The fraction of sp³-hybridized carbons (Fsp3) is 0.354. The Hall–Kier alpha value is -7.57. The van der Waals surface area contributed by atoms with E-state index in [1.54, 1.807) is 98.5 Å². The molecule has 13 heteroatoms. The third kappa shape index (κ3) is 26.0. The molecular formula is C65H79ClN4O8. The number of carbonyl (C=O) groups excluding carboxylic acids is 8. The molecule has 8 amide bonds. The molecule has 0 saturated heterocycles. The van der Waals surface area contributed by atoms with Crippen LogP contribution in [-0.4, -0.2) is 47.3 Å². The summed E-state index contributed by atoms with van der Waals surface area (Å²) >= 11 is 5.62. The zero-order chi connectivity index (χ0) is 57.7. The fourth-order valence-electron chi connectivity index (χ4n) is 9.11. The molecule has 0 spiro atoms. The maximum absolute atomic E-state index is 11.4. The summed E-state index contributed by atoms with van der Waals surface area (Å²) in [6.07, 6.45) is 13.7. The Morgan fingerprint density at radius 2 is 0.821 bits per heavy atom. The maximum Gasteiger partial charge on any atom is 0.257 e. The topological polar surface area (TPSA) is 185 Å². The van der Waals surface area contributed by atoms with E-state index in [0.717, 1.165) is 40.4 Å². The molecule has 3 aliphatic carbocycles. The Kier molecular flexibility index (Phi) is 28.4. The van der Waals surface area contributed by atoms with E-state index in [-0.39, 0.29) is 41.4 Å². The van der Waals surface area contributed by atoms with Crippen LogP contribution in [0.3, 0.4) is 0 Å². The molecular weight excluding hydrogens is 1000 g/mol. The summed E-state index contributed by atoms with van der Waals surface area (Å²) in [4.78, 5) is 87.2. The number of amides is 8. The standard InChI is InChI=1S/C11H13NO2.C11H10.C10H11NO2.C9H8ClNO2.C9H9NO2.C8H14.C7H14/c1-7-4-8(2)6-10(5-7)11(14)12-9(3)13;1-9-6-7-10-4-2-3-5-11(10)8-9;1-7-3-5-9(6-4-7)10(13)11-8(2)12;1-6(12)11-9(13)7-2-4-8(10)5-3-7;1-7(11)10-9(12)8-5-3-2-4-6-8;1-6-4-7-2-3-8(6)5-7;1-7-5-3-2-4-6-7/h4-6H,1-3H3,(H,12,13,14);2-8H,1H3;3-6H,1-2H3,(H,11,12,13);2-5H,1H3,(H,11,12,13);2-6H,1H3,(H,10,11,12);6-8H,2-5H2,1H3;7H,2-6H2,1H3. The second-order valence-electron chi connectivity index (χ2n) is 20.4. The van der Waals surface area contributed by atoms with E-state index in [1.807, 2.05) is 45.0 Å². The summed E-state index contributed by atoms with van der Waals surface area (Å²) in [5, 5.41) is 12.0. The van der Waals surface area contributed by atoms with Gasteiger partial charge >= 0.3 is 0 Å². The summed E-state index contributed by atoms with van der Waals surface area (Å²) in [6, 6.07) is 42.3. The molecule has 3 aliphatic rings. The van der Waals surface area contributed by atoms with E-state index in [4.69, 9.17) is 11.6 Å². The number of hydrogen-bond acceptors (Lipinski definition) is 8. The van der Waals surface area contributed by atoms with Gasteiger partial charge in [-0.1, -0.05) is 165 Å². The second-order valence-corrected chi connectivity index (χ2v) is 20.8. The smallest absolute Gasteiger partial charge is 0.257 e. The molecule has 0 aliphatic heterocycles. The third-order valence-electron chi connectivity index (χ3n) is 13.0. The van der Waals surface area contributed by atoms with Crippen molar-refractivity contribution in [3.05, 3.63) is 189 Å². The van der Waals surface area contributed by atoms with Gasteiger partial charge in [-0.2, -0.15) is 0 Å². The number of aryl methyl sites for hydroxylation is 4. The van der Waals surface area contributed by atoms with Crippen LogP contribution in [0.15, 0.2) is 140 Å². The van der Waals surface area contributed by atoms with Crippen LogP contribution in [0.25, 0.3) is 10.8 Å². The number of nitrogens with one attached hydrogen (secondary N) is 4. The molecule has 6 aromatic carbocycles. The Balaban J connectivity index is 0.000000241. The van der Waals surface area contributed by atoms with Gasteiger partial charge in [0.15, 0.2) is 0 Å². The van der Waals surface area contributed by atoms with E-state index in [1.165, 1.54) is 76.1 Å². The summed E-state index contributed by atoms with van der Waals surface area (Å²) in [6.45, 7) is 17.9. The Morgan fingerprint density at radius 1 is 0.397 bits per heavy atom. The first-order valence-electron chi connectivity index (χ1n) is 26.7. The zero-order valence-electron chi connectivity index (χ0n) is 47.1. The van der Waals surface area contributed by atoms with Gasteiger partial charge in [-0.25, -0.2) is 0 Å².